The number of nitrogens with one attached hydrogen (secondary N) is 1. The molecule has 1 heterocycles. The summed E-state index contributed by atoms with van der Waals surface area (Å²) >= 11 is 2.09. The van der Waals surface area contributed by atoms with E-state index in [2.05, 4.69) is 29.6 Å². The molecule has 1 fully saturated rings. The van der Waals surface area contributed by atoms with E-state index in [4.69, 9.17) is 0 Å². The second-order valence-corrected chi connectivity index (χ2v) is 7.10. The number of fused-ring (bicyclic) bond motifs is 1. The van der Waals surface area contributed by atoms with Crippen LogP contribution >= 0.6 is 11.3 Å². The van der Waals surface area contributed by atoms with Gasteiger partial charge in [0.25, 0.3) is 0 Å². The largest absolute Gasteiger partial charge is 0.310 e. The lowest BCUT2D eigenvalue weighted by Crippen LogP contribution is -2.20. The van der Waals surface area contributed by atoms with E-state index in [1.165, 1.54) is 51.4 Å². The summed E-state index contributed by atoms with van der Waals surface area (Å²) in [5, 5.41) is 3.70. The summed E-state index contributed by atoms with van der Waals surface area (Å²) in [6.07, 6.45) is 11.2. The number of thiophene rings is 1. The molecule has 2 heteroatoms. The first-order valence-corrected chi connectivity index (χ1v) is 8.53. The van der Waals surface area contributed by atoms with Crippen molar-refractivity contribution in [3.8, 4) is 0 Å². The van der Waals surface area contributed by atoms with Gasteiger partial charge in [-0.25, -0.2) is 0 Å². The summed E-state index contributed by atoms with van der Waals surface area (Å²) in [6.45, 7) is 3.33. The normalized spacial score (nSPS) is 20.7. The van der Waals surface area contributed by atoms with E-state index in [9.17, 15) is 0 Å². The molecule has 2 aliphatic carbocycles. The van der Waals surface area contributed by atoms with Crippen molar-refractivity contribution in [2.75, 3.05) is 6.54 Å². The van der Waals surface area contributed by atoms with Crippen LogP contribution in [0, 0.1) is 5.92 Å². The van der Waals surface area contributed by atoms with Gasteiger partial charge in [-0.1, -0.05) is 19.8 Å². The molecule has 1 aromatic rings. The molecule has 1 saturated carbocycles. The van der Waals surface area contributed by atoms with Crippen molar-refractivity contribution < 1.29 is 0 Å². The zero-order chi connectivity index (χ0) is 12.4. The highest BCUT2D eigenvalue weighted by Gasteiger charge is 2.24. The van der Waals surface area contributed by atoms with Crippen molar-refractivity contribution in [1.82, 2.24) is 5.32 Å². The Morgan fingerprint density at radius 1 is 1.33 bits per heavy atom. The summed E-state index contributed by atoms with van der Waals surface area (Å²) in [5.41, 5.74) is 1.66. The first-order valence-electron chi connectivity index (χ1n) is 7.71. The highest BCUT2D eigenvalue weighted by atomic mass is 32.1. The van der Waals surface area contributed by atoms with Crippen LogP contribution in [0.5, 0.6) is 0 Å². The predicted molar refractivity (Wildman–Crippen MR) is 79.3 cm³/mol. The highest BCUT2D eigenvalue weighted by molar-refractivity contribution is 7.12. The van der Waals surface area contributed by atoms with Crippen molar-refractivity contribution in [2.24, 2.45) is 5.92 Å². The lowest BCUT2D eigenvalue weighted by Gasteiger charge is -2.16. The van der Waals surface area contributed by atoms with Crippen molar-refractivity contribution in [3.05, 3.63) is 21.4 Å². The summed E-state index contributed by atoms with van der Waals surface area (Å²) in [6, 6.07) is 3.14. The zero-order valence-corrected chi connectivity index (χ0v) is 12.3. The van der Waals surface area contributed by atoms with Gasteiger partial charge in [-0.2, -0.15) is 0 Å². The molecule has 0 bridgehead atoms. The lowest BCUT2D eigenvalue weighted by atomic mass is 9.98. The molecule has 0 aliphatic heterocycles. The van der Waals surface area contributed by atoms with E-state index in [1.54, 1.807) is 15.3 Å². The molecule has 0 aromatic carbocycles. The van der Waals surface area contributed by atoms with Gasteiger partial charge in [0, 0.05) is 15.8 Å². The average molecular weight is 263 g/mol. The van der Waals surface area contributed by atoms with Crippen LogP contribution in [0.1, 0.15) is 66.8 Å². The van der Waals surface area contributed by atoms with Crippen LogP contribution in [-0.4, -0.2) is 6.54 Å². The van der Waals surface area contributed by atoms with Gasteiger partial charge < -0.3 is 5.32 Å². The maximum atomic E-state index is 3.70. The zero-order valence-electron chi connectivity index (χ0n) is 11.5. The molecule has 18 heavy (non-hydrogen) atoms. The van der Waals surface area contributed by atoms with E-state index < -0.39 is 0 Å². The second kappa shape index (κ2) is 5.75. The van der Waals surface area contributed by atoms with Crippen LogP contribution in [0.15, 0.2) is 6.07 Å². The molecular weight excluding hydrogens is 238 g/mol. The minimum absolute atomic E-state index is 0.631. The van der Waals surface area contributed by atoms with Gasteiger partial charge >= 0.3 is 0 Å². The third kappa shape index (κ3) is 2.97. The van der Waals surface area contributed by atoms with Crippen molar-refractivity contribution in [3.63, 3.8) is 0 Å². The van der Waals surface area contributed by atoms with E-state index in [-0.39, 0.29) is 0 Å². The fraction of sp³-hybridized carbons (Fsp3) is 0.750. The molecule has 1 atom stereocenters. The molecule has 2 aliphatic rings. The Morgan fingerprint density at radius 2 is 2.17 bits per heavy atom. The van der Waals surface area contributed by atoms with E-state index >= 15 is 0 Å². The van der Waals surface area contributed by atoms with Crippen LogP contribution in [-0.2, 0) is 12.8 Å². The molecule has 100 valence electrons. The molecule has 0 saturated heterocycles. The van der Waals surface area contributed by atoms with Crippen molar-refractivity contribution in [1.29, 1.82) is 0 Å². The molecule has 1 aromatic heterocycles. The fourth-order valence-electron chi connectivity index (χ4n) is 3.09. The molecule has 3 rings (SSSR count). The third-order valence-electron chi connectivity index (χ3n) is 4.37. The molecule has 0 amide bonds. The van der Waals surface area contributed by atoms with Crippen LogP contribution in [0.25, 0.3) is 0 Å². The number of hydrogen-bond acceptors (Lipinski definition) is 2. The first-order chi connectivity index (χ1) is 8.86. The van der Waals surface area contributed by atoms with Gasteiger partial charge in [-0.3, -0.25) is 0 Å². The topological polar surface area (TPSA) is 12.0 Å². The SMILES string of the molecule is CCNC(CCC1CC1)c1cc2c(s1)CCCC2. The van der Waals surface area contributed by atoms with E-state index in [1.807, 2.05) is 0 Å². The molecule has 0 radical (unpaired) electrons. The first kappa shape index (κ1) is 12.7. The Kier molecular flexibility index (Phi) is 4.05. The predicted octanol–water partition coefficient (Wildman–Crippen LogP) is 4.47. The van der Waals surface area contributed by atoms with Crippen LogP contribution in [0.3, 0.4) is 0 Å². The summed E-state index contributed by atoms with van der Waals surface area (Å²) in [4.78, 5) is 3.30. The number of rotatable bonds is 6. The van der Waals surface area contributed by atoms with E-state index in [0.717, 1.165) is 12.5 Å². The fourth-order valence-corrected chi connectivity index (χ4v) is 4.45. The van der Waals surface area contributed by atoms with Gasteiger partial charge in [-0.15, -0.1) is 11.3 Å². The van der Waals surface area contributed by atoms with Gasteiger partial charge in [0.05, 0.1) is 0 Å². The minimum Gasteiger partial charge on any atom is -0.310 e. The highest BCUT2D eigenvalue weighted by Crippen LogP contribution is 2.38. The smallest absolute Gasteiger partial charge is 0.0415 e. The monoisotopic (exact) mass is 263 g/mol. The molecule has 1 nitrogen and oxygen atoms in total. The molecular formula is C16H25NS. The third-order valence-corrected chi connectivity index (χ3v) is 5.72. The Bertz CT molecular complexity index is 368. The number of aryl methyl sites for hydroxylation is 2. The van der Waals surface area contributed by atoms with E-state index in [0.29, 0.717) is 6.04 Å². The minimum atomic E-state index is 0.631. The Balaban J connectivity index is 1.69. The Morgan fingerprint density at radius 3 is 2.89 bits per heavy atom. The lowest BCUT2D eigenvalue weighted by molar-refractivity contribution is 0.487. The van der Waals surface area contributed by atoms with Crippen LogP contribution in [0.2, 0.25) is 0 Å². The Labute approximate surface area is 115 Å². The number of hydrogen-bond donors (Lipinski definition) is 1. The molecule has 0 spiro atoms. The van der Waals surface area contributed by atoms with Crippen LogP contribution in [0.4, 0.5) is 0 Å². The molecule has 1 unspecified atom stereocenters. The second-order valence-electron chi connectivity index (χ2n) is 5.94. The van der Waals surface area contributed by atoms with Crippen molar-refractivity contribution >= 4 is 11.3 Å². The molecule has 1 N–H and O–H groups in total. The standard InChI is InChI=1S/C16H25NS/c1-2-17-14(10-9-12-7-8-12)16-11-13-5-3-4-6-15(13)18-16/h11-12,14,17H,2-10H2,1H3. The quantitative estimate of drug-likeness (QED) is 0.798. The maximum absolute atomic E-state index is 3.70. The van der Waals surface area contributed by atoms with Gasteiger partial charge in [0.1, 0.15) is 0 Å². The van der Waals surface area contributed by atoms with Gasteiger partial charge in [-0.05, 0) is 62.6 Å². The maximum Gasteiger partial charge on any atom is 0.0415 e. The van der Waals surface area contributed by atoms with Crippen LogP contribution < -0.4 is 5.32 Å². The summed E-state index contributed by atoms with van der Waals surface area (Å²) in [5.74, 6) is 1.06. The average Bonchev–Trinajstić information content (AvgIpc) is 3.11. The summed E-state index contributed by atoms with van der Waals surface area (Å²) < 4.78 is 0. The van der Waals surface area contributed by atoms with Gasteiger partial charge in [0.2, 0.25) is 0 Å². The van der Waals surface area contributed by atoms with Crippen molar-refractivity contribution in [2.45, 2.75) is 64.3 Å². The summed E-state index contributed by atoms with van der Waals surface area (Å²) in [7, 11) is 0. The Hall–Kier alpha value is -0.340. The van der Waals surface area contributed by atoms with Gasteiger partial charge in [0.15, 0.2) is 0 Å².